The van der Waals surface area contributed by atoms with Crippen LogP contribution in [0.15, 0.2) is 24.3 Å². The zero-order valence-electron chi connectivity index (χ0n) is 10.3. The summed E-state index contributed by atoms with van der Waals surface area (Å²) in [4.78, 5) is 0. The molecule has 0 radical (unpaired) electrons. The summed E-state index contributed by atoms with van der Waals surface area (Å²) in [5, 5.41) is 7.38. The third-order valence-corrected chi connectivity index (χ3v) is 2.43. The standard InChI is InChI=1S/C11H16N2O4S/c1-3-16-11(12)8-17-10-6-4-5-9(7-10)13-18(2,14)15/h4-7,12-13H,3,8H2,1-2H3. The van der Waals surface area contributed by atoms with Gasteiger partial charge in [0.1, 0.15) is 5.75 Å². The minimum Gasteiger partial charge on any atom is -0.484 e. The average Bonchev–Trinajstić information content (AvgIpc) is 2.25. The molecule has 0 fully saturated rings. The molecule has 7 heteroatoms. The molecular formula is C11H16N2O4S. The van der Waals surface area contributed by atoms with Gasteiger partial charge < -0.3 is 9.47 Å². The van der Waals surface area contributed by atoms with Gasteiger partial charge >= 0.3 is 0 Å². The number of ether oxygens (including phenoxy) is 2. The number of hydrogen-bond donors (Lipinski definition) is 2. The summed E-state index contributed by atoms with van der Waals surface area (Å²) in [6.07, 6.45) is 1.07. The summed E-state index contributed by atoms with van der Waals surface area (Å²) in [5.74, 6) is 0.493. The van der Waals surface area contributed by atoms with Gasteiger partial charge in [-0.3, -0.25) is 10.1 Å². The Hall–Kier alpha value is -1.76. The normalized spacial score (nSPS) is 10.8. The summed E-state index contributed by atoms with van der Waals surface area (Å²) in [6.45, 7) is 2.21. The Labute approximate surface area is 106 Å². The van der Waals surface area contributed by atoms with Crippen molar-refractivity contribution in [2.24, 2.45) is 0 Å². The van der Waals surface area contributed by atoms with E-state index in [-0.39, 0.29) is 12.5 Å². The molecule has 0 aliphatic heterocycles. The molecule has 0 saturated carbocycles. The molecule has 18 heavy (non-hydrogen) atoms. The van der Waals surface area contributed by atoms with Crippen LogP contribution in [0.2, 0.25) is 0 Å². The second-order valence-corrected chi connectivity index (χ2v) is 5.30. The first-order valence-corrected chi connectivity index (χ1v) is 7.20. The predicted molar refractivity (Wildman–Crippen MR) is 69.8 cm³/mol. The van der Waals surface area contributed by atoms with Crippen LogP contribution in [0.4, 0.5) is 5.69 Å². The van der Waals surface area contributed by atoms with E-state index in [4.69, 9.17) is 14.9 Å². The van der Waals surface area contributed by atoms with Crippen molar-refractivity contribution in [2.45, 2.75) is 6.92 Å². The largest absolute Gasteiger partial charge is 0.484 e. The van der Waals surface area contributed by atoms with Crippen molar-refractivity contribution in [3.8, 4) is 5.75 Å². The fraction of sp³-hybridized carbons (Fsp3) is 0.364. The van der Waals surface area contributed by atoms with Crippen molar-refractivity contribution in [1.29, 1.82) is 5.41 Å². The predicted octanol–water partition coefficient (Wildman–Crippen LogP) is 1.45. The lowest BCUT2D eigenvalue weighted by Crippen LogP contribution is -2.14. The smallest absolute Gasteiger partial charge is 0.229 e. The first-order chi connectivity index (χ1) is 8.40. The molecule has 1 aromatic carbocycles. The molecule has 0 atom stereocenters. The fourth-order valence-electron chi connectivity index (χ4n) is 1.23. The summed E-state index contributed by atoms with van der Waals surface area (Å²) in [6, 6.07) is 6.49. The van der Waals surface area contributed by atoms with Crippen LogP contribution in [0.3, 0.4) is 0 Å². The van der Waals surface area contributed by atoms with Gasteiger partial charge in [-0.1, -0.05) is 6.07 Å². The highest BCUT2D eigenvalue weighted by Crippen LogP contribution is 2.18. The zero-order chi connectivity index (χ0) is 13.6. The Morgan fingerprint density at radius 2 is 2.17 bits per heavy atom. The maximum absolute atomic E-state index is 11.1. The maximum Gasteiger partial charge on any atom is 0.229 e. The van der Waals surface area contributed by atoms with Gasteiger partial charge in [-0.15, -0.1) is 0 Å². The Balaban J connectivity index is 2.62. The molecule has 0 spiro atoms. The van der Waals surface area contributed by atoms with Crippen LogP contribution in [0.25, 0.3) is 0 Å². The van der Waals surface area contributed by atoms with E-state index in [1.807, 2.05) is 0 Å². The molecule has 0 unspecified atom stereocenters. The molecule has 0 aliphatic carbocycles. The lowest BCUT2D eigenvalue weighted by atomic mass is 10.3. The van der Waals surface area contributed by atoms with Crippen molar-refractivity contribution >= 4 is 21.6 Å². The molecule has 0 aromatic heterocycles. The van der Waals surface area contributed by atoms with Crippen LogP contribution < -0.4 is 9.46 Å². The molecule has 6 nitrogen and oxygen atoms in total. The fourth-order valence-corrected chi connectivity index (χ4v) is 1.78. The Morgan fingerprint density at radius 1 is 1.44 bits per heavy atom. The van der Waals surface area contributed by atoms with Crippen molar-refractivity contribution in [2.75, 3.05) is 24.2 Å². The lowest BCUT2D eigenvalue weighted by Gasteiger charge is -2.09. The van der Waals surface area contributed by atoms with E-state index in [1.165, 1.54) is 0 Å². The van der Waals surface area contributed by atoms with E-state index in [2.05, 4.69) is 4.72 Å². The summed E-state index contributed by atoms with van der Waals surface area (Å²) in [5.41, 5.74) is 0.415. The van der Waals surface area contributed by atoms with Gasteiger partial charge in [0.05, 0.1) is 18.6 Å². The maximum atomic E-state index is 11.1. The third kappa shape index (κ3) is 5.53. The first-order valence-electron chi connectivity index (χ1n) is 5.31. The van der Waals surface area contributed by atoms with E-state index < -0.39 is 10.0 Å². The van der Waals surface area contributed by atoms with Crippen LogP contribution in [0.5, 0.6) is 5.75 Å². The van der Waals surface area contributed by atoms with Crippen LogP contribution in [0.1, 0.15) is 6.92 Å². The average molecular weight is 272 g/mol. The van der Waals surface area contributed by atoms with E-state index in [0.717, 1.165) is 6.26 Å². The Morgan fingerprint density at radius 3 is 2.78 bits per heavy atom. The van der Waals surface area contributed by atoms with E-state index >= 15 is 0 Å². The molecule has 1 rings (SSSR count). The molecule has 0 saturated heterocycles. The lowest BCUT2D eigenvalue weighted by molar-refractivity contribution is 0.273. The summed E-state index contributed by atoms with van der Waals surface area (Å²) in [7, 11) is -3.31. The Bertz CT molecular complexity index is 514. The van der Waals surface area contributed by atoms with Crippen LogP contribution in [-0.2, 0) is 14.8 Å². The Kier molecular flexibility index (Phi) is 4.96. The van der Waals surface area contributed by atoms with E-state index in [0.29, 0.717) is 18.0 Å². The topological polar surface area (TPSA) is 88.5 Å². The van der Waals surface area contributed by atoms with Crippen LogP contribution >= 0.6 is 0 Å². The van der Waals surface area contributed by atoms with Crippen molar-refractivity contribution in [3.05, 3.63) is 24.3 Å². The quantitative estimate of drug-likeness (QED) is 0.606. The van der Waals surface area contributed by atoms with Crippen molar-refractivity contribution in [1.82, 2.24) is 0 Å². The number of rotatable bonds is 6. The van der Waals surface area contributed by atoms with Gasteiger partial charge in [-0.25, -0.2) is 8.42 Å². The minimum atomic E-state index is -3.31. The summed E-state index contributed by atoms with van der Waals surface area (Å²) >= 11 is 0. The van der Waals surface area contributed by atoms with Crippen LogP contribution in [0, 0.1) is 5.41 Å². The molecule has 1 aromatic rings. The molecule has 0 amide bonds. The molecule has 0 bridgehead atoms. The highest BCUT2D eigenvalue weighted by Gasteiger charge is 2.04. The van der Waals surface area contributed by atoms with Crippen LogP contribution in [-0.4, -0.2) is 33.8 Å². The SMILES string of the molecule is CCOC(=N)COc1cccc(NS(C)(=O)=O)c1. The minimum absolute atomic E-state index is 0.0101. The number of anilines is 1. The number of benzene rings is 1. The van der Waals surface area contributed by atoms with Gasteiger partial charge in [-0.05, 0) is 19.1 Å². The van der Waals surface area contributed by atoms with Gasteiger partial charge in [0, 0.05) is 6.07 Å². The van der Waals surface area contributed by atoms with E-state index in [9.17, 15) is 8.42 Å². The summed E-state index contributed by atoms with van der Waals surface area (Å²) < 4.78 is 34.7. The monoisotopic (exact) mass is 272 g/mol. The first kappa shape index (κ1) is 14.3. The number of hydrogen-bond acceptors (Lipinski definition) is 5. The number of sulfonamides is 1. The molecule has 2 N–H and O–H groups in total. The van der Waals surface area contributed by atoms with Gasteiger partial charge in [-0.2, -0.15) is 0 Å². The molecule has 100 valence electrons. The highest BCUT2D eigenvalue weighted by molar-refractivity contribution is 7.92. The second-order valence-electron chi connectivity index (χ2n) is 3.55. The van der Waals surface area contributed by atoms with Crippen molar-refractivity contribution < 1.29 is 17.9 Å². The third-order valence-electron chi connectivity index (χ3n) is 1.83. The zero-order valence-corrected chi connectivity index (χ0v) is 11.1. The van der Waals surface area contributed by atoms with E-state index in [1.54, 1.807) is 31.2 Å². The number of nitrogens with one attached hydrogen (secondary N) is 2. The van der Waals surface area contributed by atoms with Crippen molar-refractivity contribution in [3.63, 3.8) is 0 Å². The molecule has 0 heterocycles. The second kappa shape index (κ2) is 6.25. The van der Waals surface area contributed by atoms with Gasteiger partial charge in [0.15, 0.2) is 6.61 Å². The van der Waals surface area contributed by atoms with Gasteiger partial charge in [0.25, 0.3) is 0 Å². The highest BCUT2D eigenvalue weighted by atomic mass is 32.2. The molecule has 0 aliphatic rings. The molecular weight excluding hydrogens is 256 g/mol. The van der Waals surface area contributed by atoms with Gasteiger partial charge in [0.2, 0.25) is 15.9 Å².